The predicted octanol–water partition coefficient (Wildman–Crippen LogP) is 4.27. The number of nitrogens with two attached hydrogens (primary N) is 1. The molecule has 1 aromatic heterocycles. The van der Waals surface area contributed by atoms with Gasteiger partial charge in [-0.25, -0.2) is 0 Å². The second-order valence-electron chi connectivity index (χ2n) is 5.60. The van der Waals surface area contributed by atoms with Crippen molar-refractivity contribution in [2.75, 3.05) is 0 Å². The number of aromatic nitrogens is 1. The molecule has 0 bridgehead atoms. The Morgan fingerprint density at radius 2 is 2.20 bits per heavy atom. The van der Waals surface area contributed by atoms with Crippen molar-refractivity contribution in [3.63, 3.8) is 0 Å². The van der Waals surface area contributed by atoms with Gasteiger partial charge in [-0.2, -0.15) is 0 Å². The number of fused-ring (bicyclic) bond motifs is 1. The molecule has 0 saturated carbocycles. The van der Waals surface area contributed by atoms with Crippen LogP contribution in [0.1, 0.15) is 47.2 Å². The Labute approximate surface area is 128 Å². The van der Waals surface area contributed by atoms with Gasteiger partial charge in [0.05, 0.1) is 0 Å². The lowest BCUT2D eigenvalue weighted by atomic mass is 9.80. The lowest BCUT2D eigenvalue weighted by Crippen LogP contribution is -2.25. The quantitative estimate of drug-likeness (QED) is 0.892. The molecule has 0 spiro atoms. The van der Waals surface area contributed by atoms with Gasteiger partial charge in [-0.05, 0) is 49.4 Å². The molecule has 2 nitrogen and oxygen atoms in total. The third-order valence-electron chi connectivity index (χ3n) is 4.18. The molecule has 2 unspecified atom stereocenters. The number of pyridine rings is 1. The summed E-state index contributed by atoms with van der Waals surface area (Å²) < 4.78 is 1.10. The summed E-state index contributed by atoms with van der Waals surface area (Å²) in [5.74, 6) is 0.318. The van der Waals surface area contributed by atoms with E-state index in [0.717, 1.165) is 17.3 Å². The van der Waals surface area contributed by atoms with Crippen molar-refractivity contribution >= 4 is 15.9 Å². The summed E-state index contributed by atoms with van der Waals surface area (Å²) in [4.78, 5) is 4.60. The molecular weight excluding hydrogens is 312 g/mol. The number of hydrogen-bond donors (Lipinski definition) is 1. The maximum Gasteiger partial charge on any atom is 0.0485 e. The molecule has 3 rings (SSSR count). The highest BCUT2D eigenvalue weighted by molar-refractivity contribution is 9.10. The van der Waals surface area contributed by atoms with Crippen LogP contribution in [0.4, 0.5) is 0 Å². The fourth-order valence-electron chi connectivity index (χ4n) is 3.13. The molecule has 0 fully saturated rings. The normalized spacial score (nSPS) is 19.4. The highest BCUT2D eigenvalue weighted by atomic mass is 79.9. The highest BCUT2D eigenvalue weighted by Gasteiger charge is 2.28. The summed E-state index contributed by atoms with van der Waals surface area (Å²) in [6, 6.07) is 10.6. The van der Waals surface area contributed by atoms with Gasteiger partial charge in [0.1, 0.15) is 0 Å². The van der Waals surface area contributed by atoms with Gasteiger partial charge in [0.15, 0.2) is 0 Å². The molecule has 2 atom stereocenters. The molecule has 104 valence electrons. The van der Waals surface area contributed by atoms with Gasteiger partial charge in [-0.1, -0.05) is 39.7 Å². The van der Waals surface area contributed by atoms with E-state index in [-0.39, 0.29) is 6.04 Å². The molecule has 0 saturated heterocycles. The minimum atomic E-state index is -0.00164. The number of hydrogen-bond acceptors (Lipinski definition) is 2. The zero-order valence-electron chi connectivity index (χ0n) is 11.6. The van der Waals surface area contributed by atoms with Gasteiger partial charge in [-0.15, -0.1) is 0 Å². The molecule has 20 heavy (non-hydrogen) atoms. The van der Waals surface area contributed by atoms with Crippen LogP contribution < -0.4 is 5.73 Å². The number of aryl methyl sites for hydroxylation is 2. The van der Waals surface area contributed by atoms with Crippen LogP contribution in [-0.2, 0) is 6.42 Å². The summed E-state index contributed by atoms with van der Waals surface area (Å²) in [5, 5.41) is 0. The Bertz CT molecular complexity index is 624. The van der Waals surface area contributed by atoms with Gasteiger partial charge >= 0.3 is 0 Å². The maximum atomic E-state index is 6.58. The summed E-state index contributed by atoms with van der Waals surface area (Å²) in [6.45, 7) is 2.11. The zero-order valence-corrected chi connectivity index (χ0v) is 13.2. The minimum Gasteiger partial charge on any atom is -0.323 e. The van der Waals surface area contributed by atoms with Crippen LogP contribution in [0.15, 0.2) is 41.0 Å². The largest absolute Gasteiger partial charge is 0.323 e. The number of rotatable bonds is 2. The second-order valence-corrected chi connectivity index (χ2v) is 6.45. The maximum absolute atomic E-state index is 6.58. The van der Waals surface area contributed by atoms with Gasteiger partial charge in [0.25, 0.3) is 0 Å². The van der Waals surface area contributed by atoms with Crippen LogP contribution in [0.5, 0.6) is 0 Å². The summed E-state index contributed by atoms with van der Waals surface area (Å²) in [6.07, 6.45) is 5.32. The fraction of sp³-hybridized carbons (Fsp3) is 0.353. The number of nitrogens with zero attached hydrogens (tertiary/aromatic N) is 1. The molecule has 0 amide bonds. The first kappa shape index (κ1) is 13.8. The van der Waals surface area contributed by atoms with Crippen molar-refractivity contribution in [1.29, 1.82) is 0 Å². The fourth-order valence-corrected chi connectivity index (χ4v) is 3.64. The van der Waals surface area contributed by atoms with Crippen molar-refractivity contribution in [3.05, 3.63) is 63.4 Å². The molecule has 3 heteroatoms. The Balaban J connectivity index is 1.99. The molecule has 1 heterocycles. The first-order chi connectivity index (χ1) is 9.66. The third-order valence-corrected chi connectivity index (χ3v) is 4.90. The van der Waals surface area contributed by atoms with Crippen molar-refractivity contribution in [2.45, 2.75) is 38.1 Å². The van der Waals surface area contributed by atoms with E-state index in [1.807, 2.05) is 12.3 Å². The lowest BCUT2D eigenvalue weighted by Gasteiger charge is -2.30. The average molecular weight is 331 g/mol. The Kier molecular flexibility index (Phi) is 3.90. The summed E-state index contributed by atoms with van der Waals surface area (Å²) in [7, 11) is 0. The third kappa shape index (κ3) is 2.52. The van der Waals surface area contributed by atoms with Crippen molar-refractivity contribution < 1.29 is 0 Å². The smallest absolute Gasteiger partial charge is 0.0485 e. The highest BCUT2D eigenvalue weighted by Crippen LogP contribution is 2.39. The van der Waals surface area contributed by atoms with Crippen molar-refractivity contribution in [2.24, 2.45) is 5.73 Å². The van der Waals surface area contributed by atoms with E-state index >= 15 is 0 Å². The van der Waals surface area contributed by atoms with Gasteiger partial charge in [-0.3, -0.25) is 4.98 Å². The molecule has 1 aliphatic carbocycles. The second kappa shape index (κ2) is 5.66. The van der Waals surface area contributed by atoms with Crippen LogP contribution >= 0.6 is 15.9 Å². The van der Waals surface area contributed by atoms with Crippen molar-refractivity contribution in [1.82, 2.24) is 4.98 Å². The van der Waals surface area contributed by atoms with Crippen LogP contribution in [0, 0.1) is 6.92 Å². The Morgan fingerprint density at radius 3 is 3.05 bits per heavy atom. The average Bonchev–Trinajstić information content (AvgIpc) is 2.48. The molecule has 2 aromatic rings. The molecule has 0 aliphatic heterocycles. The zero-order chi connectivity index (χ0) is 14.1. The van der Waals surface area contributed by atoms with E-state index in [9.17, 15) is 0 Å². The van der Waals surface area contributed by atoms with E-state index in [1.165, 1.54) is 28.8 Å². The number of benzene rings is 1. The summed E-state index contributed by atoms with van der Waals surface area (Å²) >= 11 is 3.64. The predicted molar refractivity (Wildman–Crippen MR) is 85.7 cm³/mol. The van der Waals surface area contributed by atoms with Gasteiger partial charge < -0.3 is 5.73 Å². The van der Waals surface area contributed by atoms with E-state index in [0.29, 0.717) is 5.92 Å². The first-order valence-electron chi connectivity index (χ1n) is 7.12. The van der Waals surface area contributed by atoms with Crippen LogP contribution in [0.25, 0.3) is 0 Å². The Morgan fingerprint density at radius 1 is 1.35 bits per heavy atom. The monoisotopic (exact) mass is 330 g/mol. The van der Waals surface area contributed by atoms with E-state index in [4.69, 9.17) is 5.73 Å². The SMILES string of the molecule is Cc1ccc(Br)c(C(N)C2CCCc3cccnc32)c1. The van der Waals surface area contributed by atoms with E-state index in [1.54, 1.807) is 0 Å². The summed E-state index contributed by atoms with van der Waals surface area (Å²) in [5.41, 5.74) is 11.6. The minimum absolute atomic E-state index is 0.00164. The van der Waals surface area contributed by atoms with Crippen LogP contribution in [0.2, 0.25) is 0 Å². The number of halogens is 1. The standard InChI is InChI=1S/C17H19BrN2/c1-11-7-8-15(18)14(10-11)16(19)13-6-2-4-12-5-3-9-20-17(12)13/h3,5,7-10,13,16H,2,4,6,19H2,1H3. The lowest BCUT2D eigenvalue weighted by molar-refractivity contribution is 0.461. The van der Waals surface area contributed by atoms with Gasteiger partial charge in [0, 0.05) is 28.3 Å². The van der Waals surface area contributed by atoms with E-state index in [2.05, 4.69) is 52.1 Å². The molecule has 2 N–H and O–H groups in total. The Hall–Kier alpha value is -1.19. The first-order valence-corrected chi connectivity index (χ1v) is 7.91. The molecular formula is C17H19BrN2. The molecule has 0 radical (unpaired) electrons. The van der Waals surface area contributed by atoms with E-state index < -0.39 is 0 Å². The van der Waals surface area contributed by atoms with Gasteiger partial charge in [0.2, 0.25) is 0 Å². The van der Waals surface area contributed by atoms with Crippen molar-refractivity contribution in [3.8, 4) is 0 Å². The molecule has 1 aliphatic rings. The molecule has 1 aromatic carbocycles. The van der Waals surface area contributed by atoms with Crippen LogP contribution in [0.3, 0.4) is 0 Å². The topological polar surface area (TPSA) is 38.9 Å². The van der Waals surface area contributed by atoms with Crippen LogP contribution in [-0.4, -0.2) is 4.98 Å².